The minimum atomic E-state index is 0.163. The zero-order chi connectivity index (χ0) is 11.6. The third-order valence-electron chi connectivity index (χ3n) is 2.90. The van der Waals surface area contributed by atoms with Crippen LogP contribution in [0, 0.1) is 0 Å². The number of likely N-dealkylation sites (tertiary alicyclic amines) is 1. The highest BCUT2D eigenvalue weighted by molar-refractivity contribution is 5.75. The van der Waals surface area contributed by atoms with Gasteiger partial charge in [0.05, 0.1) is 0 Å². The Morgan fingerprint density at radius 3 is 2.62 bits per heavy atom. The highest BCUT2D eigenvalue weighted by Crippen LogP contribution is 2.05. The van der Waals surface area contributed by atoms with Gasteiger partial charge in [-0.2, -0.15) is 0 Å². The van der Waals surface area contributed by atoms with E-state index in [0.29, 0.717) is 6.42 Å². The van der Waals surface area contributed by atoms with E-state index in [2.05, 4.69) is 22.5 Å². The van der Waals surface area contributed by atoms with Crippen LogP contribution in [-0.2, 0) is 4.79 Å². The van der Waals surface area contributed by atoms with Crippen LogP contribution in [0.4, 0.5) is 0 Å². The number of rotatable bonds is 8. The van der Waals surface area contributed by atoms with Gasteiger partial charge in [-0.3, -0.25) is 4.79 Å². The van der Waals surface area contributed by atoms with Crippen LogP contribution in [0.5, 0.6) is 0 Å². The molecule has 0 aromatic carbocycles. The molecular weight excluding hydrogens is 202 g/mol. The quantitative estimate of drug-likeness (QED) is 0.597. The molecule has 1 saturated heterocycles. The van der Waals surface area contributed by atoms with Crippen molar-refractivity contribution in [3.05, 3.63) is 0 Å². The van der Waals surface area contributed by atoms with Crippen LogP contribution in [0.15, 0.2) is 0 Å². The van der Waals surface area contributed by atoms with Gasteiger partial charge < -0.3 is 15.5 Å². The number of carbonyl (C=O) groups is 1. The molecule has 1 amide bonds. The summed E-state index contributed by atoms with van der Waals surface area (Å²) in [5.74, 6) is 0.163. The molecule has 94 valence electrons. The van der Waals surface area contributed by atoms with Crippen LogP contribution in [0.3, 0.4) is 0 Å². The molecule has 4 heteroatoms. The first-order chi connectivity index (χ1) is 7.83. The molecule has 0 atom stereocenters. The maximum Gasteiger partial charge on any atom is 0.221 e. The lowest BCUT2D eigenvalue weighted by molar-refractivity contribution is -0.120. The first-order valence-electron chi connectivity index (χ1n) is 6.52. The van der Waals surface area contributed by atoms with E-state index in [4.69, 9.17) is 0 Å². The van der Waals surface area contributed by atoms with Crippen LogP contribution in [-0.4, -0.2) is 50.1 Å². The molecule has 0 spiro atoms. The van der Waals surface area contributed by atoms with Crippen LogP contribution >= 0.6 is 0 Å². The van der Waals surface area contributed by atoms with Gasteiger partial charge in [0.25, 0.3) is 0 Å². The SMILES string of the molecule is CCCNC(=O)CCNCCN1CCCC1. The molecule has 0 aromatic rings. The van der Waals surface area contributed by atoms with Gasteiger partial charge in [-0.15, -0.1) is 0 Å². The third-order valence-corrected chi connectivity index (χ3v) is 2.90. The summed E-state index contributed by atoms with van der Waals surface area (Å²) in [6.45, 7) is 8.28. The van der Waals surface area contributed by atoms with E-state index in [1.165, 1.54) is 25.9 Å². The van der Waals surface area contributed by atoms with Crippen molar-refractivity contribution in [3.8, 4) is 0 Å². The van der Waals surface area contributed by atoms with Crippen molar-refractivity contribution >= 4 is 5.91 Å². The topological polar surface area (TPSA) is 44.4 Å². The number of amides is 1. The molecule has 0 bridgehead atoms. The number of nitrogens with one attached hydrogen (secondary N) is 2. The predicted octanol–water partition coefficient (Wildman–Crippen LogP) is 0.588. The Balaban J connectivity index is 1.85. The number of hydrogen-bond donors (Lipinski definition) is 2. The fourth-order valence-electron chi connectivity index (χ4n) is 1.92. The van der Waals surface area contributed by atoms with E-state index < -0.39 is 0 Å². The monoisotopic (exact) mass is 227 g/mol. The summed E-state index contributed by atoms with van der Waals surface area (Å²) in [4.78, 5) is 13.7. The Morgan fingerprint density at radius 1 is 1.19 bits per heavy atom. The molecule has 1 fully saturated rings. The van der Waals surface area contributed by atoms with Crippen molar-refractivity contribution in [1.29, 1.82) is 0 Å². The van der Waals surface area contributed by atoms with Crippen molar-refractivity contribution in [3.63, 3.8) is 0 Å². The van der Waals surface area contributed by atoms with Gasteiger partial charge in [-0.25, -0.2) is 0 Å². The van der Waals surface area contributed by atoms with Crippen molar-refractivity contribution in [1.82, 2.24) is 15.5 Å². The minimum Gasteiger partial charge on any atom is -0.356 e. The van der Waals surface area contributed by atoms with Crippen LogP contribution in [0.1, 0.15) is 32.6 Å². The normalized spacial score (nSPS) is 16.6. The van der Waals surface area contributed by atoms with E-state index >= 15 is 0 Å². The van der Waals surface area contributed by atoms with Crippen LogP contribution in [0.2, 0.25) is 0 Å². The number of nitrogens with zero attached hydrogens (tertiary/aromatic N) is 1. The summed E-state index contributed by atoms with van der Waals surface area (Å²) in [6.07, 6.45) is 4.30. The van der Waals surface area contributed by atoms with E-state index in [0.717, 1.165) is 32.6 Å². The predicted molar refractivity (Wildman–Crippen MR) is 66.5 cm³/mol. The Kier molecular flexibility index (Phi) is 7.17. The summed E-state index contributed by atoms with van der Waals surface area (Å²) in [7, 11) is 0. The van der Waals surface area contributed by atoms with Gasteiger partial charge >= 0.3 is 0 Å². The largest absolute Gasteiger partial charge is 0.356 e. The Bertz CT molecular complexity index is 191. The Morgan fingerprint density at radius 2 is 1.94 bits per heavy atom. The van der Waals surface area contributed by atoms with Crippen molar-refractivity contribution in [2.45, 2.75) is 32.6 Å². The summed E-state index contributed by atoms with van der Waals surface area (Å²) in [5.41, 5.74) is 0. The second-order valence-corrected chi connectivity index (χ2v) is 4.40. The zero-order valence-corrected chi connectivity index (χ0v) is 10.4. The number of hydrogen-bond acceptors (Lipinski definition) is 3. The van der Waals surface area contributed by atoms with Gasteiger partial charge in [-0.1, -0.05) is 6.92 Å². The van der Waals surface area contributed by atoms with E-state index in [1.54, 1.807) is 0 Å². The average Bonchev–Trinajstić information content (AvgIpc) is 2.79. The second-order valence-electron chi connectivity index (χ2n) is 4.40. The molecule has 0 unspecified atom stereocenters. The van der Waals surface area contributed by atoms with E-state index in [1.807, 2.05) is 0 Å². The van der Waals surface area contributed by atoms with Crippen molar-refractivity contribution in [2.24, 2.45) is 0 Å². The first-order valence-corrected chi connectivity index (χ1v) is 6.52. The summed E-state index contributed by atoms with van der Waals surface area (Å²) in [6, 6.07) is 0. The molecular formula is C12H25N3O. The lowest BCUT2D eigenvalue weighted by Crippen LogP contribution is -2.33. The Hall–Kier alpha value is -0.610. The summed E-state index contributed by atoms with van der Waals surface area (Å²) in [5, 5.41) is 6.19. The van der Waals surface area contributed by atoms with Gasteiger partial charge in [0.15, 0.2) is 0 Å². The van der Waals surface area contributed by atoms with Crippen molar-refractivity contribution in [2.75, 3.05) is 39.3 Å². The molecule has 2 N–H and O–H groups in total. The fourth-order valence-corrected chi connectivity index (χ4v) is 1.92. The highest BCUT2D eigenvalue weighted by atomic mass is 16.1. The van der Waals surface area contributed by atoms with Gasteiger partial charge in [0, 0.05) is 32.6 Å². The molecule has 1 heterocycles. The summed E-state index contributed by atoms with van der Waals surface area (Å²) >= 11 is 0. The van der Waals surface area contributed by atoms with E-state index in [9.17, 15) is 4.79 Å². The number of carbonyl (C=O) groups excluding carboxylic acids is 1. The highest BCUT2D eigenvalue weighted by Gasteiger charge is 2.09. The first kappa shape index (κ1) is 13.5. The molecule has 1 aliphatic rings. The van der Waals surface area contributed by atoms with Crippen molar-refractivity contribution < 1.29 is 4.79 Å². The molecule has 1 aliphatic heterocycles. The molecule has 0 aliphatic carbocycles. The molecule has 0 aromatic heterocycles. The second kappa shape index (κ2) is 8.53. The lowest BCUT2D eigenvalue weighted by atomic mass is 10.3. The Labute approximate surface area is 98.8 Å². The summed E-state index contributed by atoms with van der Waals surface area (Å²) < 4.78 is 0. The molecule has 0 saturated carbocycles. The van der Waals surface area contributed by atoms with Gasteiger partial charge in [0.1, 0.15) is 0 Å². The third kappa shape index (κ3) is 6.08. The minimum absolute atomic E-state index is 0.163. The van der Waals surface area contributed by atoms with Gasteiger partial charge in [0.2, 0.25) is 5.91 Å². The maximum atomic E-state index is 11.3. The van der Waals surface area contributed by atoms with E-state index in [-0.39, 0.29) is 5.91 Å². The lowest BCUT2D eigenvalue weighted by Gasteiger charge is -2.14. The standard InChI is InChI=1S/C12H25N3O/c1-2-6-14-12(16)5-7-13-8-11-15-9-3-4-10-15/h13H,2-11H2,1H3,(H,14,16). The molecule has 1 rings (SSSR count). The maximum absolute atomic E-state index is 11.3. The fraction of sp³-hybridized carbons (Fsp3) is 0.917. The van der Waals surface area contributed by atoms with Crippen LogP contribution < -0.4 is 10.6 Å². The smallest absolute Gasteiger partial charge is 0.221 e. The average molecular weight is 227 g/mol. The molecule has 16 heavy (non-hydrogen) atoms. The zero-order valence-electron chi connectivity index (χ0n) is 10.4. The van der Waals surface area contributed by atoms with Crippen LogP contribution in [0.25, 0.3) is 0 Å². The molecule has 0 radical (unpaired) electrons. The van der Waals surface area contributed by atoms with Gasteiger partial charge in [-0.05, 0) is 32.4 Å². The molecule has 4 nitrogen and oxygen atoms in total.